The van der Waals surface area contributed by atoms with Crippen molar-refractivity contribution in [2.75, 3.05) is 0 Å². The number of hydrogen-bond acceptors (Lipinski definition) is 2. The Morgan fingerprint density at radius 1 is 0.458 bits per heavy atom. The molecule has 0 saturated carbocycles. The van der Waals surface area contributed by atoms with Crippen LogP contribution in [0.15, 0.2) is 158 Å². The zero-order valence-electron chi connectivity index (χ0n) is 26.2. The molecule has 0 bridgehead atoms. The zero-order valence-corrected chi connectivity index (χ0v) is 27.0. The first kappa shape index (κ1) is 28.4. The number of hydrogen-bond donors (Lipinski definition) is 0. The molecule has 2 nitrogen and oxygen atoms in total. The third-order valence-corrected chi connectivity index (χ3v) is 10.6. The first-order chi connectivity index (χ1) is 23.7. The van der Waals surface area contributed by atoms with Gasteiger partial charge in [-0.05, 0) is 116 Å². The van der Waals surface area contributed by atoms with Gasteiger partial charge in [0.15, 0.2) is 0 Å². The molecule has 48 heavy (non-hydrogen) atoms. The maximum Gasteiger partial charge on any atom is 0.0991 e. The Balaban J connectivity index is 1.23. The van der Waals surface area contributed by atoms with Crippen molar-refractivity contribution in [1.82, 2.24) is 4.57 Å². The van der Waals surface area contributed by atoms with E-state index in [1.54, 1.807) is 0 Å². The molecule has 0 N–H and O–H groups in total. The maximum absolute atomic E-state index is 9.64. The average Bonchev–Trinajstić information content (AvgIpc) is 3.37. The predicted molar refractivity (Wildman–Crippen MR) is 202 cm³/mol. The lowest BCUT2D eigenvalue weighted by molar-refractivity contribution is 1.17. The summed E-state index contributed by atoms with van der Waals surface area (Å²) in [6.07, 6.45) is 0. The van der Waals surface area contributed by atoms with Gasteiger partial charge in [0.1, 0.15) is 0 Å². The lowest BCUT2D eigenvalue weighted by atomic mass is 9.90. The molecule has 0 amide bonds. The summed E-state index contributed by atoms with van der Waals surface area (Å²) in [5, 5.41) is 11.9. The molecule has 3 heteroatoms. The zero-order chi connectivity index (χ0) is 32.0. The van der Waals surface area contributed by atoms with Crippen LogP contribution < -0.4 is 0 Å². The second kappa shape index (κ2) is 11.8. The quantitative estimate of drug-likeness (QED) is 0.194. The number of nitriles is 1. The van der Waals surface area contributed by atoms with E-state index in [1.165, 1.54) is 55.6 Å². The van der Waals surface area contributed by atoms with Gasteiger partial charge in [-0.3, -0.25) is 0 Å². The molecule has 1 aliphatic heterocycles. The second-order valence-corrected chi connectivity index (χ2v) is 13.4. The summed E-state index contributed by atoms with van der Waals surface area (Å²) in [6.45, 7) is 0. The van der Waals surface area contributed by atoms with Crippen LogP contribution in [0.2, 0.25) is 0 Å². The fourth-order valence-electron chi connectivity index (χ4n) is 7.19. The molecule has 0 atom stereocenters. The van der Waals surface area contributed by atoms with Crippen LogP contribution in [0, 0.1) is 11.3 Å². The Morgan fingerprint density at radius 3 is 1.73 bits per heavy atom. The van der Waals surface area contributed by atoms with Crippen LogP contribution >= 0.6 is 11.8 Å². The highest BCUT2D eigenvalue weighted by molar-refractivity contribution is 7.97. The van der Waals surface area contributed by atoms with E-state index < -0.39 is 0 Å². The summed E-state index contributed by atoms with van der Waals surface area (Å²) < 4.78 is 2.35. The summed E-state index contributed by atoms with van der Waals surface area (Å²) in [7, 11) is 0. The molecular weight excluding hydrogens is 601 g/mol. The first-order valence-corrected chi connectivity index (χ1v) is 17.4. The monoisotopic (exact) mass is 630 g/mol. The van der Waals surface area contributed by atoms with Gasteiger partial charge >= 0.3 is 0 Å². The van der Waals surface area contributed by atoms with Crippen molar-refractivity contribution in [3.63, 3.8) is 0 Å². The summed E-state index contributed by atoms with van der Waals surface area (Å²) in [6, 6.07) is 59.2. The van der Waals surface area contributed by atoms with Crippen molar-refractivity contribution < 1.29 is 0 Å². The Labute approximate surface area is 284 Å². The van der Waals surface area contributed by atoms with Gasteiger partial charge in [-0.15, -0.1) is 0 Å². The fraction of sp³-hybridized carbons (Fsp3) is 0.0444. The normalized spacial score (nSPS) is 12.3. The molecule has 9 rings (SSSR count). The molecular formula is C45H30N2S. The third-order valence-electron chi connectivity index (χ3n) is 9.55. The number of nitrogens with zero attached hydrogens (tertiary/aromatic N) is 2. The van der Waals surface area contributed by atoms with Gasteiger partial charge in [0.25, 0.3) is 0 Å². The third kappa shape index (κ3) is 4.90. The Bertz CT molecular complexity index is 2480. The molecule has 0 spiro atoms. The molecule has 1 aromatic heterocycles. The minimum absolute atomic E-state index is 0.678. The Morgan fingerprint density at radius 2 is 1.04 bits per heavy atom. The number of rotatable bonds is 4. The number of fused-ring (bicyclic) bond motifs is 6. The predicted octanol–water partition coefficient (Wildman–Crippen LogP) is 12.1. The van der Waals surface area contributed by atoms with Crippen molar-refractivity contribution in [3.05, 3.63) is 174 Å². The summed E-state index contributed by atoms with van der Waals surface area (Å²) in [5.74, 6) is 1.95. The molecule has 1 aliphatic rings. The molecule has 0 saturated heterocycles. The average molecular weight is 631 g/mol. The second-order valence-electron chi connectivity index (χ2n) is 12.4. The fourth-order valence-corrected chi connectivity index (χ4v) is 8.24. The van der Waals surface area contributed by atoms with Gasteiger partial charge in [0, 0.05) is 28.0 Å². The van der Waals surface area contributed by atoms with Crippen LogP contribution in [0.3, 0.4) is 0 Å². The molecule has 226 valence electrons. The summed E-state index contributed by atoms with van der Waals surface area (Å²) >= 11 is 1.98. The van der Waals surface area contributed by atoms with Crippen LogP contribution in [0.5, 0.6) is 0 Å². The van der Waals surface area contributed by atoms with Gasteiger partial charge in [0.2, 0.25) is 0 Å². The molecule has 2 heterocycles. The minimum atomic E-state index is 0.678. The van der Waals surface area contributed by atoms with Crippen molar-refractivity contribution >= 4 is 33.6 Å². The van der Waals surface area contributed by atoms with Crippen LogP contribution in [0.1, 0.15) is 16.7 Å². The van der Waals surface area contributed by atoms with E-state index in [0.717, 1.165) is 39.0 Å². The SMILES string of the molecule is N#Cc1ccc2c(c1)c1ccccc1n2-c1ccc2c(c1)-c1cc(-c3cc(-c4ccccc4)cc(-c4ccccc4)c3)ccc1CSC2. The van der Waals surface area contributed by atoms with Gasteiger partial charge in [0.05, 0.1) is 22.7 Å². The molecule has 0 radical (unpaired) electrons. The summed E-state index contributed by atoms with van der Waals surface area (Å²) in [4.78, 5) is 0. The molecule has 0 aliphatic carbocycles. The van der Waals surface area contributed by atoms with Crippen molar-refractivity contribution in [2.45, 2.75) is 11.5 Å². The number of aromatic nitrogens is 1. The molecule has 7 aromatic carbocycles. The van der Waals surface area contributed by atoms with Gasteiger partial charge in [-0.2, -0.15) is 17.0 Å². The topological polar surface area (TPSA) is 28.7 Å². The Kier molecular flexibility index (Phi) is 6.96. The maximum atomic E-state index is 9.64. The lowest BCUT2D eigenvalue weighted by Gasteiger charge is -2.16. The van der Waals surface area contributed by atoms with E-state index in [-0.39, 0.29) is 0 Å². The van der Waals surface area contributed by atoms with Crippen molar-refractivity contribution in [3.8, 4) is 56.3 Å². The van der Waals surface area contributed by atoms with E-state index in [4.69, 9.17) is 0 Å². The minimum Gasteiger partial charge on any atom is -0.309 e. The molecule has 0 fully saturated rings. The first-order valence-electron chi connectivity index (χ1n) is 16.3. The highest BCUT2D eigenvalue weighted by Crippen LogP contribution is 2.42. The van der Waals surface area contributed by atoms with Crippen LogP contribution in [-0.4, -0.2) is 4.57 Å². The van der Waals surface area contributed by atoms with E-state index in [9.17, 15) is 5.26 Å². The Hall–Kier alpha value is -5.82. The standard InChI is InChI=1S/C45H30N2S/c46-27-30-15-20-45-43(21-30)40-13-7-8-14-44(40)47(45)39-19-18-35-29-48-28-34-17-16-33(25-41(34)42(35)26-39)38-23-36(31-9-3-1-4-10-31)22-37(24-38)32-11-5-2-6-12-32/h1-26H,28-29H2. The van der Waals surface area contributed by atoms with Crippen LogP contribution in [-0.2, 0) is 11.5 Å². The number of thioether (sulfide) groups is 1. The smallest absolute Gasteiger partial charge is 0.0991 e. The van der Waals surface area contributed by atoms with Gasteiger partial charge < -0.3 is 4.57 Å². The van der Waals surface area contributed by atoms with Crippen molar-refractivity contribution in [1.29, 1.82) is 5.26 Å². The van der Waals surface area contributed by atoms with E-state index in [0.29, 0.717) is 5.56 Å². The molecule has 8 aromatic rings. The number of para-hydroxylation sites is 1. The van der Waals surface area contributed by atoms with Gasteiger partial charge in [-0.1, -0.05) is 97.1 Å². The summed E-state index contributed by atoms with van der Waals surface area (Å²) in [5.41, 5.74) is 16.7. The van der Waals surface area contributed by atoms with E-state index >= 15 is 0 Å². The van der Waals surface area contributed by atoms with Crippen molar-refractivity contribution in [2.24, 2.45) is 0 Å². The number of benzene rings is 7. The highest BCUT2D eigenvalue weighted by Gasteiger charge is 2.19. The molecule has 0 unspecified atom stereocenters. The lowest BCUT2D eigenvalue weighted by Crippen LogP contribution is -1.97. The highest BCUT2D eigenvalue weighted by atomic mass is 32.2. The van der Waals surface area contributed by atoms with Gasteiger partial charge in [-0.25, -0.2) is 0 Å². The van der Waals surface area contributed by atoms with Crippen LogP contribution in [0.25, 0.3) is 72.0 Å². The largest absolute Gasteiger partial charge is 0.309 e. The van der Waals surface area contributed by atoms with E-state index in [2.05, 4.69) is 156 Å². The van der Waals surface area contributed by atoms with Crippen LogP contribution in [0.4, 0.5) is 0 Å². The van der Waals surface area contributed by atoms with E-state index in [1.807, 2.05) is 23.9 Å².